The Hall–Kier alpha value is -1.44. The summed E-state index contributed by atoms with van der Waals surface area (Å²) >= 11 is 5.96. The second-order valence-electron chi connectivity index (χ2n) is 7.83. The lowest BCUT2D eigenvalue weighted by Gasteiger charge is -2.21. The van der Waals surface area contributed by atoms with Gasteiger partial charge in [-0.05, 0) is 61.6 Å². The molecule has 0 amide bonds. The molecule has 5 nitrogen and oxygen atoms in total. The molecule has 1 unspecified atom stereocenters. The number of nitrogens with zero attached hydrogens (tertiary/aromatic N) is 1. The molecule has 1 N–H and O–H groups in total. The minimum Gasteiger partial charge on any atom is -0.365 e. The van der Waals surface area contributed by atoms with Crippen LogP contribution in [0.2, 0.25) is 5.02 Å². The SMILES string of the molecule is Cc1[nH]c(C(OCC2(C3CC3)CC2)c2ccc(F)c(Cl)c2)nc1S(C)(=O)=O. The number of aryl methyl sites for hydroxylation is 1. The number of benzene rings is 1. The summed E-state index contributed by atoms with van der Waals surface area (Å²) in [5, 5.41) is -0.00122. The van der Waals surface area contributed by atoms with Gasteiger partial charge in [-0.25, -0.2) is 17.8 Å². The van der Waals surface area contributed by atoms with Crippen molar-refractivity contribution in [3.8, 4) is 0 Å². The molecule has 27 heavy (non-hydrogen) atoms. The Morgan fingerprint density at radius 2 is 2.11 bits per heavy atom. The van der Waals surface area contributed by atoms with Crippen LogP contribution in [0.3, 0.4) is 0 Å². The Labute approximate surface area is 163 Å². The van der Waals surface area contributed by atoms with Gasteiger partial charge in [0.2, 0.25) is 0 Å². The Morgan fingerprint density at radius 1 is 1.41 bits per heavy atom. The minimum absolute atomic E-state index is 0.00244. The van der Waals surface area contributed by atoms with Crippen molar-refractivity contribution in [2.75, 3.05) is 12.9 Å². The molecule has 1 heterocycles. The molecule has 1 aromatic heterocycles. The fraction of sp³-hybridized carbons (Fsp3) is 0.526. The fourth-order valence-corrected chi connectivity index (χ4v) is 4.80. The largest absolute Gasteiger partial charge is 0.365 e. The van der Waals surface area contributed by atoms with E-state index in [1.807, 2.05) is 0 Å². The van der Waals surface area contributed by atoms with Gasteiger partial charge in [0.05, 0.1) is 17.3 Å². The number of sulfone groups is 1. The molecule has 2 saturated carbocycles. The number of ether oxygens (including phenoxy) is 1. The lowest BCUT2D eigenvalue weighted by molar-refractivity contribution is 0.0332. The van der Waals surface area contributed by atoms with Gasteiger partial charge in [-0.2, -0.15) is 0 Å². The first-order valence-electron chi connectivity index (χ1n) is 9.03. The molecule has 0 saturated heterocycles. The first-order valence-corrected chi connectivity index (χ1v) is 11.3. The van der Waals surface area contributed by atoms with Crippen LogP contribution in [0.15, 0.2) is 23.2 Å². The molecule has 1 aromatic carbocycles. The molecule has 2 aliphatic rings. The Kier molecular flexibility index (Phi) is 4.60. The van der Waals surface area contributed by atoms with Crippen molar-refractivity contribution in [1.29, 1.82) is 0 Å². The number of aromatic amines is 1. The molecule has 8 heteroatoms. The number of H-pyrrole nitrogens is 1. The third-order valence-electron chi connectivity index (χ3n) is 5.58. The summed E-state index contributed by atoms with van der Waals surface area (Å²) in [6.45, 7) is 2.24. The Balaban J connectivity index is 1.68. The summed E-state index contributed by atoms with van der Waals surface area (Å²) in [6, 6.07) is 4.39. The van der Waals surface area contributed by atoms with Gasteiger partial charge in [-0.3, -0.25) is 0 Å². The van der Waals surface area contributed by atoms with E-state index in [2.05, 4.69) is 9.97 Å². The summed E-state index contributed by atoms with van der Waals surface area (Å²) in [7, 11) is -3.46. The van der Waals surface area contributed by atoms with Crippen LogP contribution >= 0.6 is 11.6 Å². The Bertz CT molecular complexity index is 981. The standard InChI is InChI=1S/C19H22ClFN2O3S/c1-11-18(27(2,24)25)23-17(22-11)16(12-3-6-15(21)14(20)9-12)26-10-19(7-8-19)13-4-5-13/h3,6,9,13,16H,4-5,7-8,10H2,1-2H3,(H,22,23). The highest BCUT2D eigenvalue weighted by atomic mass is 35.5. The van der Waals surface area contributed by atoms with E-state index in [4.69, 9.17) is 16.3 Å². The van der Waals surface area contributed by atoms with Crippen molar-refractivity contribution >= 4 is 21.4 Å². The van der Waals surface area contributed by atoms with E-state index in [0.29, 0.717) is 23.7 Å². The van der Waals surface area contributed by atoms with Crippen LogP contribution in [0.4, 0.5) is 4.39 Å². The first-order chi connectivity index (χ1) is 12.7. The van der Waals surface area contributed by atoms with Crippen molar-refractivity contribution < 1.29 is 17.5 Å². The maximum atomic E-state index is 13.6. The van der Waals surface area contributed by atoms with Crippen LogP contribution in [0, 0.1) is 24.1 Å². The van der Waals surface area contributed by atoms with E-state index < -0.39 is 21.8 Å². The highest BCUT2D eigenvalue weighted by molar-refractivity contribution is 7.90. The number of rotatable bonds is 7. The second kappa shape index (κ2) is 6.57. The van der Waals surface area contributed by atoms with Crippen molar-refractivity contribution in [3.05, 3.63) is 46.1 Å². The zero-order valence-corrected chi connectivity index (χ0v) is 16.8. The van der Waals surface area contributed by atoms with E-state index in [-0.39, 0.29) is 15.5 Å². The predicted molar refractivity (Wildman–Crippen MR) is 100 cm³/mol. The molecule has 0 spiro atoms. The van der Waals surface area contributed by atoms with Crippen molar-refractivity contribution in [2.45, 2.75) is 43.7 Å². The molecule has 0 aliphatic heterocycles. The zero-order chi connectivity index (χ0) is 19.4. The van der Waals surface area contributed by atoms with Crippen LogP contribution in [-0.4, -0.2) is 31.2 Å². The van der Waals surface area contributed by atoms with Crippen molar-refractivity contribution in [3.63, 3.8) is 0 Å². The van der Waals surface area contributed by atoms with E-state index >= 15 is 0 Å². The predicted octanol–water partition coefficient (Wildman–Crippen LogP) is 4.21. The molecule has 1 atom stereocenters. The molecule has 0 bridgehead atoms. The average molecular weight is 413 g/mol. The maximum Gasteiger partial charge on any atom is 0.194 e. The van der Waals surface area contributed by atoms with Gasteiger partial charge in [0.15, 0.2) is 14.9 Å². The van der Waals surface area contributed by atoms with E-state index in [9.17, 15) is 12.8 Å². The highest BCUT2D eigenvalue weighted by Gasteiger charge is 2.54. The normalized spacial score (nSPS) is 19.9. The molecular formula is C19H22ClFN2O3S. The quantitative estimate of drug-likeness (QED) is 0.739. The summed E-state index contributed by atoms with van der Waals surface area (Å²) in [5.41, 5.74) is 1.34. The highest BCUT2D eigenvalue weighted by Crippen LogP contribution is 2.61. The van der Waals surface area contributed by atoms with Gasteiger partial charge >= 0.3 is 0 Å². The molecule has 2 aromatic rings. The Morgan fingerprint density at radius 3 is 2.63 bits per heavy atom. The van der Waals surface area contributed by atoms with Crippen molar-refractivity contribution in [2.24, 2.45) is 11.3 Å². The summed E-state index contributed by atoms with van der Waals surface area (Å²) in [6.07, 6.45) is 5.29. The third kappa shape index (κ3) is 3.77. The maximum absolute atomic E-state index is 13.6. The second-order valence-corrected chi connectivity index (χ2v) is 10.2. The number of halogens is 2. The molecule has 4 rings (SSSR count). The topological polar surface area (TPSA) is 72.0 Å². The number of hydrogen-bond donors (Lipinski definition) is 1. The van der Waals surface area contributed by atoms with Gasteiger partial charge in [-0.15, -0.1) is 0 Å². The molecule has 146 valence electrons. The van der Waals surface area contributed by atoms with Crippen LogP contribution in [0.5, 0.6) is 0 Å². The fourth-order valence-electron chi connectivity index (χ4n) is 3.74. The van der Waals surface area contributed by atoms with E-state index in [1.165, 1.54) is 25.0 Å². The smallest absolute Gasteiger partial charge is 0.194 e. The first kappa shape index (κ1) is 18.9. The molecule has 0 radical (unpaired) electrons. The van der Waals surface area contributed by atoms with Crippen LogP contribution < -0.4 is 0 Å². The van der Waals surface area contributed by atoms with Gasteiger partial charge < -0.3 is 9.72 Å². The number of hydrogen-bond acceptors (Lipinski definition) is 4. The van der Waals surface area contributed by atoms with Crippen molar-refractivity contribution in [1.82, 2.24) is 9.97 Å². The molecular weight excluding hydrogens is 391 g/mol. The number of imidazole rings is 1. The van der Waals surface area contributed by atoms with Crippen LogP contribution in [0.25, 0.3) is 0 Å². The van der Waals surface area contributed by atoms with Gasteiger partial charge in [0.25, 0.3) is 0 Å². The lowest BCUT2D eigenvalue weighted by Crippen LogP contribution is -2.18. The monoisotopic (exact) mass is 412 g/mol. The minimum atomic E-state index is -3.46. The van der Waals surface area contributed by atoms with Crippen LogP contribution in [0.1, 0.15) is 48.9 Å². The summed E-state index contributed by atoms with van der Waals surface area (Å²) < 4.78 is 43.8. The molecule has 2 aliphatic carbocycles. The van der Waals surface area contributed by atoms with E-state index in [0.717, 1.165) is 25.0 Å². The summed E-state index contributed by atoms with van der Waals surface area (Å²) in [4.78, 5) is 7.32. The summed E-state index contributed by atoms with van der Waals surface area (Å²) in [5.74, 6) is 0.602. The molecule has 2 fully saturated rings. The average Bonchev–Trinajstić information content (AvgIpc) is 3.48. The van der Waals surface area contributed by atoms with Gasteiger partial charge in [0, 0.05) is 6.26 Å². The third-order valence-corrected chi connectivity index (χ3v) is 6.97. The lowest BCUT2D eigenvalue weighted by atomic mass is 10.0. The van der Waals surface area contributed by atoms with Gasteiger partial charge in [-0.1, -0.05) is 17.7 Å². The van der Waals surface area contributed by atoms with E-state index in [1.54, 1.807) is 13.0 Å². The number of nitrogens with one attached hydrogen (secondary N) is 1. The zero-order valence-electron chi connectivity index (χ0n) is 15.3. The van der Waals surface area contributed by atoms with Gasteiger partial charge in [0.1, 0.15) is 17.7 Å². The van der Waals surface area contributed by atoms with Crippen LogP contribution in [-0.2, 0) is 14.6 Å². The number of aromatic nitrogens is 2.